The van der Waals surface area contributed by atoms with Crippen LogP contribution in [0.15, 0.2) is 29.4 Å². The predicted octanol–water partition coefficient (Wildman–Crippen LogP) is 1.79. The van der Waals surface area contributed by atoms with Crippen LogP contribution in [0.5, 0.6) is 0 Å². The summed E-state index contributed by atoms with van der Waals surface area (Å²) < 4.78 is 7.42. The highest BCUT2D eigenvalue weighted by Crippen LogP contribution is 2.18. The highest BCUT2D eigenvalue weighted by molar-refractivity contribution is 7.07. The van der Waals surface area contributed by atoms with Gasteiger partial charge in [0, 0.05) is 32.3 Å². The Bertz CT molecular complexity index is 594. The van der Waals surface area contributed by atoms with E-state index in [9.17, 15) is 4.79 Å². The van der Waals surface area contributed by atoms with Crippen molar-refractivity contribution in [1.29, 1.82) is 0 Å². The second kappa shape index (κ2) is 6.41. The fourth-order valence-electron chi connectivity index (χ4n) is 2.76. The minimum absolute atomic E-state index is 0.171. The zero-order chi connectivity index (χ0) is 14.7. The van der Waals surface area contributed by atoms with Crippen molar-refractivity contribution in [3.8, 4) is 0 Å². The number of methoxy groups -OCH3 is 1. The van der Waals surface area contributed by atoms with Crippen LogP contribution in [0.2, 0.25) is 0 Å². The summed E-state index contributed by atoms with van der Waals surface area (Å²) in [5.41, 5.74) is 2.18. The Hall–Kier alpha value is -1.66. The summed E-state index contributed by atoms with van der Waals surface area (Å²) in [4.78, 5) is 18.7. The molecule has 0 bridgehead atoms. The zero-order valence-corrected chi connectivity index (χ0v) is 12.9. The van der Waals surface area contributed by atoms with Gasteiger partial charge in [-0.1, -0.05) is 0 Å². The van der Waals surface area contributed by atoms with Crippen LogP contribution in [0.4, 0.5) is 0 Å². The van der Waals surface area contributed by atoms with Crippen molar-refractivity contribution in [3.63, 3.8) is 0 Å². The third-order valence-corrected chi connectivity index (χ3v) is 4.51. The molecular weight excluding hydrogens is 286 g/mol. The second-order valence-electron chi connectivity index (χ2n) is 5.44. The molecule has 0 radical (unpaired) electrons. The molecule has 0 N–H and O–H groups in total. The van der Waals surface area contributed by atoms with E-state index in [2.05, 4.69) is 9.55 Å². The highest BCUT2D eigenvalue weighted by Gasteiger charge is 2.25. The average Bonchev–Trinajstić information content (AvgIpc) is 3.08. The van der Waals surface area contributed by atoms with Gasteiger partial charge in [-0.3, -0.25) is 4.79 Å². The van der Waals surface area contributed by atoms with E-state index in [0.29, 0.717) is 25.5 Å². The molecule has 0 unspecified atom stereocenters. The Balaban J connectivity index is 1.75. The summed E-state index contributed by atoms with van der Waals surface area (Å²) in [6, 6.07) is 2.01. The van der Waals surface area contributed by atoms with E-state index in [1.54, 1.807) is 18.4 Å². The summed E-state index contributed by atoms with van der Waals surface area (Å²) >= 11 is 1.63. The van der Waals surface area contributed by atoms with Crippen LogP contribution in [0.3, 0.4) is 0 Å². The van der Waals surface area contributed by atoms with E-state index in [-0.39, 0.29) is 5.91 Å². The molecule has 5 nitrogen and oxygen atoms in total. The number of rotatable bonds is 4. The molecule has 0 saturated carbocycles. The summed E-state index contributed by atoms with van der Waals surface area (Å²) in [7, 11) is 1.71. The Morgan fingerprint density at radius 1 is 1.52 bits per heavy atom. The molecule has 1 aliphatic heterocycles. The fourth-order valence-corrected chi connectivity index (χ4v) is 3.43. The molecule has 2 aromatic heterocycles. The van der Waals surface area contributed by atoms with Gasteiger partial charge in [0.15, 0.2) is 0 Å². The first-order valence-corrected chi connectivity index (χ1v) is 7.97. The van der Waals surface area contributed by atoms with Crippen molar-refractivity contribution in [3.05, 3.63) is 40.6 Å². The van der Waals surface area contributed by atoms with E-state index in [4.69, 9.17) is 4.74 Å². The normalized spacial score (nSPS) is 18.3. The molecule has 21 heavy (non-hydrogen) atoms. The lowest BCUT2D eigenvalue weighted by molar-refractivity contribution is -0.131. The lowest BCUT2D eigenvalue weighted by Crippen LogP contribution is -2.36. The molecule has 0 aromatic carbocycles. The van der Waals surface area contributed by atoms with Crippen molar-refractivity contribution < 1.29 is 9.53 Å². The summed E-state index contributed by atoms with van der Waals surface area (Å²) in [5.74, 6) is 0.473. The molecule has 1 atom stereocenters. The summed E-state index contributed by atoms with van der Waals surface area (Å²) in [6.07, 6.45) is 4.15. The first-order chi connectivity index (χ1) is 10.3. The molecule has 3 rings (SSSR count). The van der Waals surface area contributed by atoms with Gasteiger partial charge >= 0.3 is 0 Å². The van der Waals surface area contributed by atoms with Gasteiger partial charge in [-0.25, -0.2) is 4.98 Å². The van der Waals surface area contributed by atoms with Crippen LogP contribution in [-0.4, -0.2) is 40.6 Å². The van der Waals surface area contributed by atoms with Gasteiger partial charge in [0.05, 0.1) is 31.6 Å². The predicted molar refractivity (Wildman–Crippen MR) is 81.0 cm³/mol. The Kier molecular flexibility index (Phi) is 4.36. The molecule has 2 aromatic rings. The third-order valence-electron chi connectivity index (χ3n) is 3.78. The molecule has 112 valence electrons. The van der Waals surface area contributed by atoms with Gasteiger partial charge in [-0.05, 0) is 22.4 Å². The maximum Gasteiger partial charge on any atom is 0.227 e. The number of carbonyl (C=O) groups excluding carboxylic acids is 1. The maximum absolute atomic E-state index is 12.6. The molecular formula is C15H19N3O2S. The maximum atomic E-state index is 12.6. The van der Waals surface area contributed by atoms with E-state index >= 15 is 0 Å². The van der Waals surface area contributed by atoms with Crippen molar-refractivity contribution >= 4 is 17.2 Å². The van der Waals surface area contributed by atoms with Crippen LogP contribution in [0.25, 0.3) is 0 Å². The monoisotopic (exact) mass is 305 g/mol. The van der Waals surface area contributed by atoms with Crippen LogP contribution in [0.1, 0.15) is 11.3 Å². The molecule has 0 aliphatic carbocycles. The molecule has 1 aliphatic rings. The van der Waals surface area contributed by atoms with Gasteiger partial charge in [0.25, 0.3) is 0 Å². The number of thiophene rings is 1. The van der Waals surface area contributed by atoms with E-state index in [1.165, 1.54) is 0 Å². The minimum atomic E-state index is 0.171. The van der Waals surface area contributed by atoms with Gasteiger partial charge in [-0.2, -0.15) is 11.3 Å². The number of fused-ring (bicyclic) bond motifs is 1. The standard InChI is InChI=1S/C15H19N3O2S/c1-20-9-13-6-17(8-14-5-16-11-18(14)7-13)15(19)4-12-2-3-21-10-12/h2-3,5,10-11,13H,4,6-9H2,1H3/t13-/m1/s1. The Labute approximate surface area is 128 Å². The zero-order valence-electron chi connectivity index (χ0n) is 12.1. The van der Waals surface area contributed by atoms with E-state index in [1.807, 2.05) is 34.3 Å². The Morgan fingerprint density at radius 3 is 3.19 bits per heavy atom. The SMILES string of the molecule is COC[C@@H]1CN(C(=O)Cc2ccsc2)Cc2cncn2C1. The van der Waals surface area contributed by atoms with Crippen molar-refractivity contribution in [2.75, 3.05) is 20.3 Å². The number of hydrogen-bond donors (Lipinski definition) is 0. The number of amides is 1. The summed E-state index contributed by atoms with van der Waals surface area (Å²) in [6.45, 7) is 2.87. The molecule has 0 spiro atoms. The van der Waals surface area contributed by atoms with Crippen LogP contribution in [-0.2, 0) is 29.0 Å². The number of nitrogens with zero attached hydrogens (tertiary/aromatic N) is 3. The Morgan fingerprint density at radius 2 is 2.43 bits per heavy atom. The third kappa shape index (κ3) is 3.33. The average molecular weight is 305 g/mol. The van der Waals surface area contributed by atoms with Crippen LogP contribution >= 0.6 is 11.3 Å². The van der Waals surface area contributed by atoms with Gasteiger partial charge < -0.3 is 14.2 Å². The highest BCUT2D eigenvalue weighted by atomic mass is 32.1. The lowest BCUT2D eigenvalue weighted by Gasteiger charge is -2.23. The van der Waals surface area contributed by atoms with E-state index in [0.717, 1.165) is 24.3 Å². The lowest BCUT2D eigenvalue weighted by atomic mass is 10.1. The van der Waals surface area contributed by atoms with Gasteiger partial charge in [0.2, 0.25) is 5.91 Å². The van der Waals surface area contributed by atoms with Gasteiger partial charge in [0.1, 0.15) is 0 Å². The molecule has 0 fully saturated rings. The number of aromatic nitrogens is 2. The fraction of sp³-hybridized carbons (Fsp3) is 0.467. The minimum Gasteiger partial charge on any atom is -0.384 e. The molecule has 0 saturated heterocycles. The van der Waals surface area contributed by atoms with Crippen molar-refractivity contribution in [1.82, 2.24) is 14.5 Å². The number of carbonyl (C=O) groups is 1. The van der Waals surface area contributed by atoms with Crippen molar-refractivity contribution in [2.24, 2.45) is 5.92 Å². The number of ether oxygens (including phenoxy) is 1. The first kappa shape index (κ1) is 14.3. The topological polar surface area (TPSA) is 47.4 Å². The quantitative estimate of drug-likeness (QED) is 0.865. The largest absolute Gasteiger partial charge is 0.384 e. The molecule has 6 heteroatoms. The van der Waals surface area contributed by atoms with Crippen molar-refractivity contribution in [2.45, 2.75) is 19.5 Å². The summed E-state index contributed by atoms with van der Waals surface area (Å²) in [5, 5.41) is 4.04. The second-order valence-corrected chi connectivity index (χ2v) is 6.22. The smallest absolute Gasteiger partial charge is 0.227 e. The molecule has 3 heterocycles. The first-order valence-electron chi connectivity index (χ1n) is 7.03. The molecule has 1 amide bonds. The van der Waals surface area contributed by atoms with Crippen LogP contribution < -0.4 is 0 Å². The number of hydrogen-bond acceptors (Lipinski definition) is 4. The van der Waals surface area contributed by atoms with E-state index < -0.39 is 0 Å². The number of imidazole rings is 1. The van der Waals surface area contributed by atoms with Gasteiger partial charge in [-0.15, -0.1) is 0 Å². The van der Waals surface area contributed by atoms with Crippen LogP contribution in [0, 0.1) is 5.92 Å².